The van der Waals surface area contributed by atoms with Gasteiger partial charge in [-0.1, -0.05) is 0 Å². The molecule has 0 aromatic heterocycles. The molecule has 0 amide bonds. The Morgan fingerprint density at radius 1 is 1.42 bits per heavy atom. The van der Waals surface area contributed by atoms with Gasteiger partial charge in [-0.3, -0.25) is 0 Å². The van der Waals surface area contributed by atoms with Crippen molar-refractivity contribution in [2.24, 2.45) is 0 Å². The number of hydrogen-bond donors (Lipinski definition) is 2. The van der Waals surface area contributed by atoms with Crippen LogP contribution < -0.4 is 0 Å². The van der Waals surface area contributed by atoms with E-state index in [-0.39, 0.29) is 18.7 Å². The summed E-state index contributed by atoms with van der Waals surface area (Å²) in [7, 11) is -4.04. The second-order valence-corrected chi connectivity index (χ2v) is 6.16. The van der Waals surface area contributed by atoms with Crippen molar-refractivity contribution < 1.29 is 27.8 Å². The number of carboxylic acid groups (broad SMARTS) is 1. The van der Waals surface area contributed by atoms with Crippen molar-refractivity contribution in [2.45, 2.75) is 17.4 Å². The van der Waals surface area contributed by atoms with Crippen LogP contribution in [0.15, 0.2) is 23.1 Å². The third-order valence-electron chi connectivity index (χ3n) is 2.92. The Bertz CT molecular complexity index is 616. The zero-order valence-electron chi connectivity index (χ0n) is 9.78. The maximum Gasteiger partial charge on any atom is 0.335 e. The molecule has 1 heterocycles. The van der Waals surface area contributed by atoms with Crippen molar-refractivity contribution in [3.05, 3.63) is 29.6 Å². The molecule has 0 aliphatic carbocycles. The number of nitrogens with zero attached hydrogens (tertiary/aromatic N) is 1. The third-order valence-corrected chi connectivity index (χ3v) is 4.82. The highest BCUT2D eigenvalue weighted by atomic mass is 32.2. The monoisotopic (exact) mass is 289 g/mol. The molecular formula is C11H12FNO5S. The van der Waals surface area contributed by atoms with E-state index >= 15 is 0 Å². The zero-order chi connectivity index (χ0) is 14.2. The summed E-state index contributed by atoms with van der Waals surface area (Å²) in [5, 5.41) is 18.0. The SMILES string of the molecule is O=C(O)c1ccc(S(=O)(=O)N2CCC(O)C2)c(F)c1. The number of hydrogen-bond acceptors (Lipinski definition) is 4. The number of benzene rings is 1. The van der Waals surface area contributed by atoms with Crippen LogP contribution in [0.25, 0.3) is 0 Å². The van der Waals surface area contributed by atoms with Gasteiger partial charge < -0.3 is 10.2 Å². The standard InChI is InChI=1S/C11H12FNO5S/c12-9-5-7(11(15)16)1-2-10(9)19(17,18)13-4-3-8(14)6-13/h1-2,5,8,14H,3-4,6H2,(H,15,16). The summed E-state index contributed by atoms with van der Waals surface area (Å²) in [6, 6.07) is 2.63. The number of carbonyl (C=O) groups is 1. The van der Waals surface area contributed by atoms with Gasteiger partial charge in [0, 0.05) is 13.1 Å². The number of β-amino-alcohol motifs (C(OH)–C–C–N with tert-alkyl or cyclic N) is 1. The summed E-state index contributed by atoms with van der Waals surface area (Å²) in [6.07, 6.45) is -0.454. The van der Waals surface area contributed by atoms with Crippen molar-refractivity contribution in [1.82, 2.24) is 4.31 Å². The van der Waals surface area contributed by atoms with E-state index in [9.17, 15) is 22.7 Å². The molecule has 0 bridgehead atoms. The lowest BCUT2D eigenvalue weighted by molar-refractivity contribution is 0.0696. The predicted molar refractivity (Wildman–Crippen MR) is 62.7 cm³/mol. The van der Waals surface area contributed by atoms with Gasteiger partial charge in [-0.2, -0.15) is 4.31 Å². The van der Waals surface area contributed by atoms with Gasteiger partial charge in [0.2, 0.25) is 10.0 Å². The molecule has 104 valence electrons. The molecule has 1 aliphatic heterocycles. The van der Waals surface area contributed by atoms with E-state index < -0.39 is 32.8 Å². The Balaban J connectivity index is 2.38. The lowest BCUT2D eigenvalue weighted by Crippen LogP contribution is -2.30. The largest absolute Gasteiger partial charge is 0.478 e. The Morgan fingerprint density at radius 3 is 2.58 bits per heavy atom. The van der Waals surface area contributed by atoms with Crippen LogP contribution in [0.5, 0.6) is 0 Å². The van der Waals surface area contributed by atoms with Gasteiger partial charge >= 0.3 is 5.97 Å². The van der Waals surface area contributed by atoms with Gasteiger partial charge in [0.25, 0.3) is 0 Å². The normalized spacial score (nSPS) is 20.6. The fourth-order valence-electron chi connectivity index (χ4n) is 1.91. The minimum atomic E-state index is -4.04. The van der Waals surface area contributed by atoms with E-state index in [2.05, 4.69) is 0 Å². The van der Waals surface area contributed by atoms with Gasteiger partial charge in [-0.05, 0) is 24.6 Å². The highest BCUT2D eigenvalue weighted by Gasteiger charge is 2.33. The predicted octanol–water partition coefficient (Wildman–Crippen LogP) is 0.279. The van der Waals surface area contributed by atoms with Crippen molar-refractivity contribution in [2.75, 3.05) is 13.1 Å². The van der Waals surface area contributed by atoms with Gasteiger partial charge in [0.1, 0.15) is 10.7 Å². The first-order valence-electron chi connectivity index (χ1n) is 5.53. The minimum absolute atomic E-state index is 0.0809. The maximum absolute atomic E-state index is 13.7. The molecule has 1 saturated heterocycles. The lowest BCUT2D eigenvalue weighted by atomic mass is 10.2. The molecule has 1 aromatic rings. The molecule has 0 spiro atoms. The fraction of sp³-hybridized carbons (Fsp3) is 0.364. The average molecular weight is 289 g/mol. The van der Waals surface area contributed by atoms with Gasteiger partial charge in [0.15, 0.2) is 0 Å². The van der Waals surface area contributed by atoms with Crippen molar-refractivity contribution >= 4 is 16.0 Å². The highest BCUT2D eigenvalue weighted by molar-refractivity contribution is 7.89. The van der Waals surface area contributed by atoms with Crippen LogP contribution in [0.4, 0.5) is 4.39 Å². The molecule has 2 rings (SSSR count). The van der Waals surface area contributed by atoms with E-state index in [1.165, 1.54) is 0 Å². The Hall–Kier alpha value is -1.51. The van der Waals surface area contributed by atoms with Crippen LogP contribution in [0, 0.1) is 5.82 Å². The van der Waals surface area contributed by atoms with Crippen LogP contribution in [0.2, 0.25) is 0 Å². The summed E-state index contributed by atoms with van der Waals surface area (Å²) < 4.78 is 38.9. The number of aromatic carboxylic acids is 1. The summed E-state index contributed by atoms with van der Waals surface area (Å²) in [6.45, 7) is 0.0338. The van der Waals surface area contributed by atoms with Crippen LogP contribution in [0.1, 0.15) is 16.8 Å². The Morgan fingerprint density at radius 2 is 2.11 bits per heavy atom. The van der Waals surface area contributed by atoms with E-state index in [4.69, 9.17) is 5.11 Å². The number of aliphatic hydroxyl groups is 1. The van der Waals surface area contributed by atoms with Gasteiger partial charge in [0.05, 0.1) is 11.7 Å². The molecule has 2 N–H and O–H groups in total. The second-order valence-electron chi connectivity index (χ2n) is 4.26. The van der Waals surface area contributed by atoms with Gasteiger partial charge in [-0.25, -0.2) is 17.6 Å². The van der Waals surface area contributed by atoms with Crippen LogP contribution >= 0.6 is 0 Å². The molecule has 1 unspecified atom stereocenters. The molecule has 19 heavy (non-hydrogen) atoms. The summed E-state index contributed by atoms with van der Waals surface area (Å²) in [4.78, 5) is 10.1. The third kappa shape index (κ3) is 2.60. The average Bonchev–Trinajstić information content (AvgIpc) is 2.76. The van der Waals surface area contributed by atoms with Crippen LogP contribution in [0.3, 0.4) is 0 Å². The molecule has 1 aliphatic rings. The summed E-state index contributed by atoms with van der Waals surface area (Å²) in [5.41, 5.74) is -0.321. The summed E-state index contributed by atoms with van der Waals surface area (Å²) >= 11 is 0. The maximum atomic E-state index is 13.7. The molecule has 1 atom stereocenters. The van der Waals surface area contributed by atoms with E-state index in [0.717, 1.165) is 16.4 Å². The molecule has 0 saturated carbocycles. The molecule has 1 fully saturated rings. The molecule has 8 heteroatoms. The quantitative estimate of drug-likeness (QED) is 0.833. The number of sulfonamides is 1. The smallest absolute Gasteiger partial charge is 0.335 e. The van der Waals surface area contributed by atoms with Crippen molar-refractivity contribution in [3.8, 4) is 0 Å². The number of aliphatic hydroxyl groups excluding tert-OH is 1. The first-order valence-corrected chi connectivity index (χ1v) is 6.97. The second kappa shape index (κ2) is 4.87. The molecule has 1 aromatic carbocycles. The van der Waals surface area contributed by atoms with Gasteiger partial charge in [-0.15, -0.1) is 0 Å². The van der Waals surface area contributed by atoms with Crippen LogP contribution in [-0.4, -0.2) is 48.1 Å². The first kappa shape index (κ1) is 13.9. The number of rotatable bonds is 3. The van der Waals surface area contributed by atoms with E-state index in [1.54, 1.807) is 0 Å². The Kier molecular flexibility index (Phi) is 3.57. The highest BCUT2D eigenvalue weighted by Crippen LogP contribution is 2.24. The van der Waals surface area contributed by atoms with Crippen LogP contribution in [-0.2, 0) is 10.0 Å². The van der Waals surface area contributed by atoms with E-state index in [1.807, 2.05) is 0 Å². The zero-order valence-corrected chi connectivity index (χ0v) is 10.6. The summed E-state index contributed by atoms with van der Waals surface area (Å²) in [5.74, 6) is -2.44. The Labute approximate surface area is 109 Å². The minimum Gasteiger partial charge on any atom is -0.478 e. The van der Waals surface area contributed by atoms with Crippen molar-refractivity contribution in [3.63, 3.8) is 0 Å². The number of halogens is 1. The first-order chi connectivity index (χ1) is 8.82. The van der Waals surface area contributed by atoms with E-state index in [0.29, 0.717) is 12.5 Å². The molecule has 6 nitrogen and oxygen atoms in total. The molecular weight excluding hydrogens is 277 g/mol. The number of carboxylic acids is 1. The van der Waals surface area contributed by atoms with Crippen molar-refractivity contribution in [1.29, 1.82) is 0 Å². The lowest BCUT2D eigenvalue weighted by Gasteiger charge is -2.16. The fourth-order valence-corrected chi connectivity index (χ4v) is 3.45. The topological polar surface area (TPSA) is 94.9 Å². The molecule has 0 radical (unpaired) electrons.